The van der Waals surface area contributed by atoms with Gasteiger partial charge in [-0.3, -0.25) is 9.59 Å². The molecule has 5 unspecified atom stereocenters. The first kappa shape index (κ1) is 19.5. The standard InChI is InChI=1S/C21H32N2O2/c1-5-14(2)19(23-20(24)17-11-7-6-8-12-17)21(25)22-18-13-9-10-15(3)16(18)4/h6-8,11-12,14-16,18-19H,5,9-10,13H2,1-4H3,(H,22,25)(H,23,24). The van der Waals surface area contributed by atoms with Crippen LogP contribution >= 0.6 is 0 Å². The summed E-state index contributed by atoms with van der Waals surface area (Å²) in [4.78, 5) is 25.4. The molecule has 2 amide bonds. The molecule has 0 aliphatic heterocycles. The van der Waals surface area contributed by atoms with Gasteiger partial charge in [-0.05, 0) is 36.3 Å². The molecule has 1 aliphatic rings. The molecule has 1 aromatic carbocycles. The lowest BCUT2D eigenvalue weighted by Gasteiger charge is -2.36. The van der Waals surface area contributed by atoms with Gasteiger partial charge >= 0.3 is 0 Å². The van der Waals surface area contributed by atoms with E-state index < -0.39 is 6.04 Å². The molecule has 2 rings (SSSR count). The summed E-state index contributed by atoms with van der Waals surface area (Å²) in [7, 11) is 0. The van der Waals surface area contributed by atoms with Crippen LogP contribution in [-0.2, 0) is 4.79 Å². The van der Waals surface area contributed by atoms with Gasteiger partial charge in [0.2, 0.25) is 5.91 Å². The molecule has 1 aliphatic carbocycles. The zero-order valence-electron chi connectivity index (χ0n) is 15.9. The fraction of sp³-hybridized carbons (Fsp3) is 0.619. The van der Waals surface area contributed by atoms with Crippen LogP contribution in [0.25, 0.3) is 0 Å². The lowest BCUT2D eigenvalue weighted by atomic mass is 9.78. The van der Waals surface area contributed by atoms with Crippen LogP contribution in [0.1, 0.15) is 63.7 Å². The van der Waals surface area contributed by atoms with Gasteiger partial charge in [-0.25, -0.2) is 0 Å². The highest BCUT2D eigenvalue weighted by Crippen LogP contribution is 2.29. The Bertz CT molecular complexity index is 573. The molecule has 2 N–H and O–H groups in total. The summed E-state index contributed by atoms with van der Waals surface area (Å²) < 4.78 is 0. The van der Waals surface area contributed by atoms with Crippen molar-refractivity contribution in [3.05, 3.63) is 35.9 Å². The van der Waals surface area contributed by atoms with Crippen molar-refractivity contribution in [3.8, 4) is 0 Å². The SMILES string of the molecule is CCC(C)C(NC(=O)c1ccccc1)C(=O)NC1CCCC(C)C1C. The molecular weight excluding hydrogens is 312 g/mol. The summed E-state index contributed by atoms with van der Waals surface area (Å²) in [5.41, 5.74) is 0.586. The van der Waals surface area contributed by atoms with Gasteiger partial charge in [0.1, 0.15) is 6.04 Å². The highest BCUT2D eigenvalue weighted by molar-refractivity contribution is 5.97. The molecule has 25 heavy (non-hydrogen) atoms. The Kier molecular flexibility index (Phi) is 7.03. The van der Waals surface area contributed by atoms with Crippen molar-refractivity contribution < 1.29 is 9.59 Å². The van der Waals surface area contributed by atoms with Gasteiger partial charge in [-0.1, -0.05) is 65.2 Å². The van der Waals surface area contributed by atoms with Crippen LogP contribution in [0.2, 0.25) is 0 Å². The van der Waals surface area contributed by atoms with E-state index in [4.69, 9.17) is 0 Å². The van der Waals surface area contributed by atoms with E-state index in [-0.39, 0.29) is 23.8 Å². The lowest BCUT2D eigenvalue weighted by molar-refractivity contribution is -0.125. The first-order valence-corrected chi connectivity index (χ1v) is 9.60. The Balaban J connectivity index is 2.06. The fourth-order valence-electron chi connectivity index (χ4n) is 3.57. The quantitative estimate of drug-likeness (QED) is 0.825. The molecule has 4 nitrogen and oxygen atoms in total. The van der Waals surface area contributed by atoms with E-state index in [0.29, 0.717) is 17.4 Å². The number of hydrogen-bond donors (Lipinski definition) is 2. The van der Waals surface area contributed by atoms with Crippen molar-refractivity contribution in [2.75, 3.05) is 0 Å². The van der Waals surface area contributed by atoms with E-state index in [2.05, 4.69) is 24.5 Å². The molecule has 0 bridgehead atoms. The molecule has 0 saturated heterocycles. The van der Waals surface area contributed by atoms with E-state index >= 15 is 0 Å². The number of amides is 2. The Morgan fingerprint density at radius 2 is 1.84 bits per heavy atom. The monoisotopic (exact) mass is 344 g/mol. The van der Waals surface area contributed by atoms with Crippen molar-refractivity contribution in [2.24, 2.45) is 17.8 Å². The molecule has 0 aromatic heterocycles. The average molecular weight is 344 g/mol. The van der Waals surface area contributed by atoms with E-state index in [1.807, 2.05) is 32.0 Å². The summed E-state index contributed by atoms with van der Waals surface area (Å²) in [5.74, 6) is 0.944. The number of hydrogen-bond acceptors (Lipinski definition) is 2. The van der Waals surface area contributed by atoms with E-state index in [0.717, 1.165) is 19.3 Å². The minimum absolute atomic E-state index is 0.0513. The number of nitrogens with one attached hydrogen (secondary N) is 2. The van der Waals surface area contributed by atoms with Crippen LogP contribution in [0.3, 0.4) is 0 Å². The van der Waals surface area contributed by atoms with Gasteiger partial charge < -0.3 is 10.6 Å². The largest absolute Gasteiger partial charge is 0.351 e. The minimum Gasteiger partial charge on any atom is -0.351 e. The zero-order valence-corrected chi connectivity index (χ0v) is 15.9. The Morgan fingerprint density at radius 1 is 1.16 bits per heavy atom. The van der Waals surface area contributed by atoms with Crippen LogP contribution in [-0.4, -0.2) is 23.9 Å². The topological polar surface area (TPSA) is 58.2 Å². The van der Waals surface area contributed by atoms with Crippen molar-refractivity contribution in [3.63, 3.8) is 0 Å². The van der Waals surface area contributed by atoms with Gasteiger partial charge in [-0.2, -0.15) is 0 Å². The highest BCUT2D eigenvalue weighted by atomic mass is 16.2. The smallest absolute Gasteiger partial charge is 0.251 e. The van der Waals surface area contributed by atoms with Crippen LogP contribution < -0.4 is 10.6 Å². The molecule has 0 spiro atoms. The van der Waals surface area contributed by atoms with Gasteiger partial charge in [0.05, 0.1) is 0 Å². The summed E-state index contributed by atoms with van der Waals surface area (Å²) in [6.45, 7) is 8.54. The molecule has 1 aromatic rings. The fourth-order valence-corrected chi connectivity index (χ4v) is 3.57. The van der Waals surface area contributed by atoms with Crippen LogP contribution in [0, 0.1) is 17.8 Å². The van der Waals surface area contributed by atoms with Gasteiger partial charge in [0.25, 0.3) is 5.91 Å². The summed E-state index contributed by atoms with van der Waals surface area (Å²) in [5, 5.41) is 6.17. The van der Waals surface area contributed by atoms with Gasteiger partial charge in [0.15, 0.2) is 0 Å². The van der Waals surface area contributed by atoms with Crippen LogP contribution in [0.15, 0.2) is 30.3 Å². The van der Waals surface area contributed by atoms with Crippen molar-refractivity contribution in [1.29, 1.82) is 0 Å². The maximum atomic E-state index is 12.9. The highest BCUT2D eigenvalue weighted by Gasteiger charge is 2.32. The Labute approximate surface area is 151 Å². The Hall–Kier alpha value is -1.84. The maximum absolute atomic E-state index is 12.9. The van der Waals surface area contributed by atoms with Crippen molar-refractivity contribution in [1.82, 2.24) is 10.6 Å². The second kappa shape index (κ2) is 9.02. The average Bonchev–Trinajstić information content (AvgIpc) is 2.63. The molecule has 4 heteroatoms. The van der Waals surface area contributed by atoms with Gasteiger partial charge in [-0.15, -0.1) is 0 Å². The van der Waals surface area contributed by atoms with Gasteiger partial charge in [0, 0.05) is 11.6 Å². The maximum Gasteiger partial charge on any atom is 0.251 e. The Morgan fingerprint density at radius 3 is 2.48 bits per heavy atom. The minimum atomic E-state index is -0.498. The third kappa shape index (κ3) is 5.07. The lowest BCUT2D eigenvalue weighted by Crippen LogP contribution is -2.54. The van der Waals surface area contributed by atoms with E-state index in [9.17, 15) is 9.59 Å². The molecule has 1 saturated carbocycles. The molecular formula is C21H32N2O2. The second-order valence-corrected chi connectivity index (χ2v) is 7.59. The van der Waals surface area contributed by atoms with Crippen LogP contribution in [0.5, 0.6) is 0 Å². The molecule has 0 heterocycles. The van der Waals surface area contributed by atoms with Crippen molar-refractivity contribution >= 4 is 11.8 Å². The molecule has 0 radical (unpaired) electrons. The second-order valence-electron chi connectivity index (χ2n) is 7.59. The predicted molar refractivity (Wildman–Crippen MR) is 101 cm³/mol. The van der Waals surface area contributed by atoms with Crippen molar-refractivity contribution in [2.45, 2.75) is 65.5 Å². The molecule has 1 fully saturated rings. The van der Waals surface area contributed by atoms with E-state index in [1.165, 1.54) is 6.42 Å². The normalized spacial score (nSPS) is 25.7. The third-order valence-corrected chi connectivity index (χ3v) is 5.85. The summed E-state index contributed by atoms with van der Waals surface area (Å²) >= 11 is 0. The summed E-state index contributed by atoms with van der Waals surface area (Å²) in [6.07, 6.45) is 4.24. The predicted octanol–water partition coefficient (Wildman–Crippen LogP) is 3.77. The first-order chi connectivity index (χ1) is 11.9. The third-order valence-electron chi connectivity index (χ3n) is 5.85. The number of benzene rings is 1. The number of carbonyl (C=O) groups is 2. The number of rotatable bonds is 6. The number of carbonyl (C=O) groups excluding carboxylic acids is 2. The zero-order chi connectivity index (χ0) is 18.4. The van der Waals surface area contributed by atoms with Crippen LogP contribution in [0.4, 0.5) is 0 Å². The first-order valence-electron chi connectivity index (χ1n) is 9.60. The molecule has 138 valence electrons. The molecule has 5 atom stereocenters. The van der Waals surface area contributed by atoms with E-state index in [1.54, 1.807) is 12.1 Å². The summed E-state index contributed by atoms with van der Waals surface area (Å²) in [6, 6.07) is 8.79.